The van der Waals surface area contributed by atoms with Crippen molar-refractivity contribution in [2.75, 3.05) is 0 Å². The maximum absolute atomic E-state index is 11.4. The predicted molar refractivity (Wildman–Crippen MR) is 93.0 cm³/mol. The maximum atomic E-state index is 11.4. The second kappa shape index (κ2) is 9.65. The Bertz CT molecular complexity index is 831. The van der Waals surface area contributed by atoms with Crippen LogP contribution in [0.2, 0.25) is 0 Å². The summed E-state index contributed by atoms with van der Waals surface area (Å²) in [5.74, 6) is -0.189. The normalized spacial score (nSPS) is 10.9. The highest BCUT2D eigenvalue weighted by molar-refractivity contribution is 7.85. The molecule has 0 saturated heterocycles. The SMILES string of the molecule is CC/C=N/NC(=O)c1ccc[n+](C)c1.Cc1ccc(S(=O)(=O)[O-])cc1. The third-order valence-electron chi connectivity index (χ3n) is 2.95. The lowest BCUT2D eigenvalue weighted by molar-refractivity contribution is -0.671. The lowest BCUT2D eigenvalue weighted by Gasteiger charge is -2.05. The Morgan fingerprint density at radius 1 is 1.28 bits per heavy atom. The Morgan fingerprint density at radius 3 is 2.44 bits per heavy atom. The second-order valence-electron chi connectivity index (χ2n) is 5.19. The zero-order chi connectivity index (χ0) is 18.9. The number of hydrogen-bond acceptors (Lipinski definition) is 5. The molecule has 0 radical (unpaired) electrons. The predicted octanol–water partition coefficient (Wildman–Crippen LogP) is 1.54. The molecule has 0 unspecified atom stereocenters. The van der Waals surface area contributed by atoms with Crippen LogP contribution < -0.4 is 9.99 Å². The molecule has 1 aromatic heterocycles. The third kappa shape index (κ3) is 7.69. The van der Waals surface area contributed by atoms with Crippen LogP contribution in [-0.4, -0.2) is 25.1 Å². The van der Waals surface area contributed by atoms with Crippen LogP contribution >= 0.6 is 0 Å². The highest BCUT2D eigenvalue weighted by Crippen LogP contribution is 2.08. The molecule has 0 spiro atoms. The summed E-state index contributed by atoms with van der Waals surface area (Å²) in [5.41, 5.74) is 3.97. The van der Waals surface area contributed by atoms with Crippen LogP contribution in [0.1, 0.15) is 29.3 Å². The quantitative estimate of drug-likeness (QED) is 0.385. The number of carbonyl (C=O) groups excluding carboxylic acids is 1. The third-order valence-corrected chi connectivity index (χ3v) is 3.80. The first kappa shape index (κ1) is 20.5. The summed E-state index contributed by atoms with van der Waals surface area (Å²) < 4.78 is 33.0. The van der Waals surface area contributed by atoms with E-state index in [1.807, 2.05) is 37.7 Å². The summed E-state index contributed by atoms with van der Waals surface area (Å²) in [7, 11) is -2.40. The summed E-state index contributed by atoms with van der Waals surface area (Å²) >= 11 is 0. The first-order valence-corrected chi connectivity index (χ1v) is 8.94. The molecule has 1 N–H and O–H groups in total. The molecule has 8 heteroatoms. The van der Waals surface area contributed by atoms with Gasteiger partial charge in [-0.2, -0.15) is 5.10 Å². The van der Waals surface area contributed by atoms with Crippen LogP contribution in [-0.2, 0) is 17.2 Å². The Labute approximate surface area is 147 Å². The highest BCUT2D eigenvalue weighted by atomic mass is 32.2. The van der Waals surface area contributed by atoms with Crippen molar-refractivity contribution in [3.63, 3.8) is 0 Å². The van der Waals surface area contributed by atoms with E-state index in [0.29, 0.717) is 5.56 Å². The lowest BCUT2D eigenvalue weighted by Crippen LogP contribution is -2.29. The van der Waals surface area contributed by atoms with E-state index in [4.69, 9.17) is 0 Å². The molecule has 2 rings (SSSR count). The molecule has 0 fully saturated rings. The van der Waals surface area contributed by atoms with Crippen molar-refractivity contribution in [3.05, 3.63) is 59.9 Å². The van der Waals surface area contributed by atoms with Crippen LogP contribution in [0.15, 0.2) is 58.8 Å². The Hall–Kier alpha value is -2.58. The van der Waals surface area contributed by atoms with Crippen molar-refractivity contribution >= 4 is 22.2 Å². The van der Waals surface area contributed by atoms with Gasteiger partial charge in [-0.15, -0.1) is 0 Å². The van der Waals surface area contributed by atoms with Gasteiger partial charge in [-0.3, -0.25) is 4.79 Å². The Kier molecular flexibility index (Phi) is 7.90. The van der Waals surface area contributed by atoms with Gasteiger partial charge in [0.05, 0.1) is 4.90 Å². The molecule has 7 nitrogen and oxygen atoms in total. The number of hydrazone groups is 1. The summed E-state index contributed by atoms with van der Waals surface area (Å²) in [6, 6.07) is 9.35. The Balaban J connectivity index is 0.000000257. The summed E-state index contributed by atoms with van der Waals surface area (Å²) in [6.45, 7) is 3.78. The maximum Gasteiger partial charge on any atom is 0.277 e. The van der Waals surface area contributed by atoms with Crippen LogP contribution in [0.3, 0.4) is 0 Å². The van der Waals surface area contributed by atoms with Crippen molar-refractivity contribution in [1.29, 1.82) is 0 Å². The monoisotopic (exact) mass is 363 g/mol. The van der Waals surface area contributed by atoms with Gasteiger partial charge in [0.25, 0.3) is 5.91 Å². The molecule has 0 saturated carbocycles. The van der Waals surface area contributed by atoms with E-state index in [-0.39, 0.29) is 10.8 Å². The molecule has 0 aliphatic rings. The molecule has 25 heavy (non-hydrogen) atoms. The number of nitrogens with one attached hydrogen (secondary N) is 1. The fraction of sp³-hybridized carbons (Fsp3) is 0.235. The fourth-order valence-corrected chi connectivity index (χ4v) is 2.16. The number of pyridine rings is 1. The molecule has 134 valence electrons. The first-order valence-electron chi connectivity index (χ1n) is 7.53. The standard InChI is InChI=1S/C10H13N3O.C7H8O3S/c1-3-6-11-12-10(14)9-5-4-7-13(2)8-9;1-6-2-4-7(5-3-6)11(8,9)10/h4-8H,3H2,1-2H3;2-5H,1H3,(H,8,9,10)/b11-6+;. The molecular formula is C17H21N3O4S. The van der Waals surface area contributed by atoms with Crippen molar-refractivity contribution < 1.29 is 22.3 Å². The van der Waals surface area contributed by atoms with E-state index < -0.39 is 10.1 Å². The van der Waals surface area contributed by atoms with Gasteiger partial charge >= 0.3 is 0 Å². The average molecular weight is 363 g/mol. The van der Waals surface area contributed by atoms with Crippen molar-refractivity contribution in [2.24, 2.45) is 12.1 Å². The minimum Gasteiger partial charge on any atom is -0.744 e. The molecule has 0 atom stereocenters. The van der Waals surface area contributed by atoms with E-state index >= 15 is 0 Å². The fourth-order valence-electron chi connectivity index (χ4n) is 1.69. The number of amides is 1. The van der Waals surface area contributed by atoms with E-state index in [0.717, 1.165) is 12.0 Å². The number of hydrogen-bond donors (Lipinski definition) is 1. The van der Waals surface area contributed by atoms with Crippen LogP contribution in [0.25, 0.3) is 0 Å². The van der Waals surface area contributed by atoms with E-state index in [9.17, 15) is 17.8 Å². The van der Waals surface area contributed by atoms with Crippen LogP contribution in [0, 0.1) is 6.92 Å². The number of nitrogens with zero attached hydrogens (tertiary/aromatic N) is 2. The highest BCUT2D eigenvalue weighted by Gasteiger charge is 2.06. The molecule has 0 aliphatic heterocycles. The van der Waals surface area contributed by atoms with Gasteiger partial charge in [0.2, 0.25) is 0 Å². The number of carbonyl (C=O) groups is 1. The molecule has 1 amide bonds. The van der Waals surface area contributed by atoms with Gasteiger partial charge in [0.1, 0.15) is 22.7 Å². The minimum absolute atomic E-state index is 0.178. The lowest BCUT2D eigenvalue weighted by atomic mass is 10.2. The molecule has 2 aromatic rings. The smallest absolute Gasteiger partial charge is 0.277 e. The first-order chi connectivity index (χ1) is 11.7. The van der Waals surface area contributed by atoms with Gasteiger partial charge < -0.3 is 4.55 Å². The number of aryl methyl sites for hydroxylation is 2. The number of rotatable bonds is 4. The largest absolute Gasteiger partial charge is 0.744 e. The van der Waals surface area contributed by atoms with E-state index in [2.05, 4.69) is 10.5 Å². The summed E-state index contributed by atoms with van der Waals surface area (Å²) in [6.07, 6.45) is 6.08. The van der Waals surface area contributed by atoms with Gasteiger partial charge in [-0.1, -0.05) is 24.6 Å². The van der Waals surface area contributed by atoms with Gasteiger partial charge in [0.15, 0.2) is 12.4 Å². The van der Waals surface area contributed by atoms with E-state index in [1.165, 1.54) is 12.1 Å². The van der Waals surface area contributed by atoms with Crippen LogP contribution in [0.5, 0.6) is 0 Å². The zero-order valence-corrected chi connectivity index (χ0v) is 15.2. The molecule has 0 aliphatic carbocycles. The zero-order valence-electron chi connectivity index (χ0n) is 14.3. The summed E-state index contributed by atoms with van der Waals surface area (Å²) in [5, 5.41) is 3.76. The van der Waals surface area contributed by atoms with Gasteiger partial charge in [-0.05, 0) is 31.5 Å². The van der Waals surface area contributed by atoms with Crippen LogP contribution in [0.4, 0.5) is 0 Å². The minimum atomic E-state index is -4.27. The molecular weight excluding hydrogens is 342 g/mol. The average Bonchev–Trinajstić information content (AvgIpc) is 2.55. The molecule has 0 bridgehead atoms. The van der Waals surface area contributed by atoms with Crippen molar-refractivity contribution in [1.82, 2.24) is 5.43 Å². The van der Waals surface area contributed by atoms with Gasteiger partial charge in [-0.25, -0.2) is 18.4 Å². The topological polar surface area (TPSA) is 103 Å². The van der Waals surface area contributed by atoms with E-state index in [1.54, 1.807) is 30.6 Å². The summed E-state index contributed by atoms with van der Waals surface area (Å²) in [4.78, 5) is 11.3. The molecule has 1 aromatic carbocycles. The number of aromatic nitrogens is 1. The van der Waals surface area contributed by atoms with Crippen molar-refractivity contribution in [3.8, 4) is 0 Å². The molecule has 1 heterocycles. The second-order valence-corrected chi connectivity index (χ2v) is 6.57. The van der Waals surface area contributed by atoms with Gasteiger partial charge in [0, 0.05) is 12.3 Å². The van der Waals surface area contributed by atoms with Crippen molar-refractivity contribution in [2.45, 2.75) is 25.2 Å². The number of benzene rings is 1. The Morgan fingerprint density at radius 2 is 1.92 bits per heavy atom.